The van der Waals surface area contributed by atoms with Crippen molar-refractivity contribution in [1.29, 1.82) is 0 Å². The van der Waals surface area contributed by atoms with Gasteiger partial charge in [-0.2, -0.15) is 0 Å². The quantitative estimate of drug-likeness (QED) is 0.132. The molecule has 0 heterocycles. The Kier molecular flexibility index (Phi) is 11.1. The van der Waals surface area contributed by atoms with Gasteiger partial charge in [0.2, 0.25) is 0 Å². The van der Waals surface area contributed by atoms with Crippen molar-refractivity contribution in [2.45, 2.75) is 6.92 Å². The summed E-state index contributed by atoms with van der Waals surface area (Å²) < 4.78 is 19.1. The van der Waals surface area contributed by atoms with Gasteiger partial charge in [0.15, 0.2) is 0 Å². The molecule has 0 saturated carbocycles. The van der Waals surface area contributed by atoms with Gasteiger partial charge >= 0.3 is 125 Å². The van der Waals surface area contributed by atoms with Gasteiger partial charge in [-0.15, -0.1) is 0 Å². The van der Waals surface area contributed by atoms with E-state index in [2.05, 4.69) is 40.9 Å². The van der Waals surface area contributed by atoms with Crippen LogP contribution in [0.5, 0.6) is 0 Å². The van der Waals surface area contributed by atoms with Crippen LogP contribution in [0, 0.1) is 11.8 Å². The Bertz CT molecular complexity index is 297. The Morgan fingerprint density at radius 2 is 2.24 bits per heavy atom. The summed E-state index contributed by atoms with van der Waals surface area (Å²) in [6.45, 7) is 3.42. The second-order valence-corrected chi connectivity index (χ2v) is 9.67. The van der Waals surface area contributed by atoms with Crippen LogP contribution in [0.4, 0.5) is 0 Å². The Hall–Kier alpha value is 0.720. The van der Waals surface area contributed by atoms with Crippen LogP contribution < -0.4 is 22.5 Å². The Labute approximate surface area is 124 Å². The van der Waals surface area contributed by atoms with Crippen molar-refractivity contribution in [1.82, 2.24) is 5.32 Å². The summed E-state index contributed by atoms with van der Waals surface area (Å²) in [6, 6.07) is 0. The molecule has 0 unspecified atom stereocenters. The Balaban J connectivity index is 3.54. The van der Waals surface area contributed by atoms with Gasteiger partial charge in [0, 0.05) is 0 Å². The van der Waals surface area contributed by atoms with E-state index in [1.54, 1.807) is 6.92 Å². The van der Waals surface area contributed by atoms with Gasteiger partial charge < -0.3 is 0 Å². The minimum atomic E-state index is -2.39. The third-order valence-corrected chi connectivity index (χ3v) is 5.90. The molecule has 0 aromatic carbocycles. The van der Waals surface area contributed by atoms with Gasteiger partial charge in [-0.3, -0.25) is 0 Å². The van der Waals surface area contributed by atoms with Crippen molar-refractivity contribution in [3.05, 3.63) is 0 Å². The average molecular weight is 487 g/mol. The second-order valence-electron chi connectivity index (χ2n) is 3.11. The normalized spacial score (nSPS) is 13.1. The summed E-state index contributed by atoms with van der Waals surface area (Å²) in [4.78, 5) is 5.10. The molecule has 0 atom stereocenters. The average Bonchev–Trinajstić information content (AvgIpc) is 2.24. The monoisotopic (exact) mass is 487 g/mol. The van der Waals surface area contributed by atoms with Crippen LogP contribution in [-0.2, 0) is 4.84 Å². The molecule has 0 aromatic heterocycles. The summed E-state index contributed by atoms with van der Waals surface area (Å²) in [5, 5.41) is 6.97. The third-order valence-electron chi connectivity index (χ3n) is 1.48. The first-order valence-electron chi connectivity index (χ1n) is 4.80. The molecule has 0 amide bonds. The van der Waals surface area contributed by atoms with Crippen LogP contribution in [0.15, 0.2) is 5.16 Å². The maximum atomic E-state index is 9.12. The molecular weight excluding hydrogens is 470 g/mol. The van der Waals surface area contributed by atoms with E-state index in [0.717, 1.165) is 3.72 Å². The van der Waals surface area contributed by atoms with Crippen LogP contribution in [0.1, 0.15) is 6.92 Å². The molecule has 0 aliphatic carbocycles. The number of hydrogen-bond donors (Lipinski definition) is 3. The summed E-state index contributed by atoms with van der Waals surface area (Å²) in [6.07, 6.45) is 1.44. The molecule has 102 valence electrons. The van der Waals surface area contributed by atoms with Crippen LogP contribution in [-0.4, -0.2) is 44.5 Å². The topological polar surface area (TPSA) is 74.1 Å². The molecule has 0 aliphatic rings. The molecule has 0 rings (SSSR count). The first kappa shape index (κ1) is 17.7. The van der Waals surface area contributed by atoms with E-state index in [-0.39, 0.29) is 17.2 Å². The van der Waals surface area contributed by atoms with Gasteiger partial charge in [-0.25, -0.2) is 0 Å². The first-order valence-corrected chi connectivity index (χ1v) is 14.3. The number of oxime groups is 1. The predicted octanol–water partition coefficient (Wildman–Crippen LogP) is -1.25. The van der Waals surface area contributed by atoms with Gasteiger partial charge in [0.25, 0.3) is 0 Å². The predicted molar refractivity (Wildman–Crippen MR) is 77.4 cm³/mol. The molecule has 0 aromatic rings. The summed E-state index contributed by atoms with van der Waals surface area (Å²) in [5.74, 6) is 6.04. The summed E-state index contributed by atoms with van der Waals surface area (Å²) in [7, 11) is -2.39. The van der Waals surface area contributed by atoms with Crippen molar-refractivity contribution >= 4 is 32.9 Å². The van der Waals surface area contributed by atoms with E-state index in [1.165, 1.54) is 6.26 Å². The summed E-state index contributed by atoms with van der Waals surface area (Å²) in [5.41, 5.74) is 0. The van der Waals surface area contributed by atoms with E-state index in [1.807, 2.05) is 0 Å². The number of halogens is 2. The zero-order valence-electron chi connectivity index (χ0n) is 9.74. The van der Waals surface area contributed by atoms with E-state index in [9.17, 15) is 0 Å². The fourth-order valence-electron chi connectivity index (χ4n) is 0.768. The molecule has 8 heteroatoms. The Morgan fingerprint density at radius 1 is 1.53 bits per heavy atom. The number of nitrogens with one attached hydrogen (secondary N) is 1. The molecule has 5 nitrogen and oxygen atoms in total. The van der Waals surface area contributed by atoms with E-state index in [0.29, 0.717) is 25.4 Å². The molecule has 0 aliphatic heterocycles. The van der Waals surface area contributed by atoms with Gasteiger partial charge in [0.1, 0.15) is 0 Å². The molecule has 17 heavy (non-hydrogen) atoms. The third kappa shape index (κ3) is 13.0. The fourth-order valence-corrected chi connectivity index (χ4v) is 3.07. The molecule has 0 saturated heterocycles. The number of hydrogen-bond acceptors (Lipinski definition) is 5. The van der Waals surface area contributed by atoms with Crippen LogP contribution >= 0.6 is 29.2 Å². The van der Waals surface area contributed by atoms with Crippen LogP contribution in [0.3, 0.4) is 0 Å². The Morgan fingerprint density at radius 3 is 2.76 bits per heavy atom. The van der Waals surface area contributed by atoms with E-state index < -0.39 is 10.6 Å². The zero-order chi connectivity index (χ0) is 13.1. The SMILES string of the molecule is CC#C/C(=N\OCCNCCS(C)(O)O)[I-]I. The van der Waals surface area contributed by atoms with E-state index in [4.69, 9.17) is 13.9 Å². The van der Waals surface area contributed by atoms with Crippen molar-refractivity contribution in [2.24, 2.45) is 5.16 Å². The molecule has 3 N–H and O–H groups in total. The standard InChI is InChI=1S/C9H17I2N2O3S/c1-3-4-9(11-10)13-16-7-5-12-6-8-17(2,14)15/h12,14-15H,5-8H2,1-2H3/q-1/b13-9+. The van der Waals surface area contributed by atoms with Crippen LogP contribution in [0.25, 0.3) is 0 Å². The molecular formula is C9H17I2N2O3S-. The van der Waals surface area contributed by atoms with Gasteiger partial charge in [0.05, 0.1) is 0 Å². The van der Waals surface area contributed by atoms with Gasteiger partial charge in [-0.05, 0) is 0 Å². The van der Waals surface area contributed by atoms with Crippen LogP contribution in [0.2, 0.25) is 0 Å². The van der Waals surface area contributed by atoms with E-state index >= 15 is 0 Å². The molecule has 0 bridgehead atoms. The minimum absolute atomic E-state index is 0.172. The van der Waals surface area contributed by atoms with Crippen molar-refractivity contribution < 1.29 is 31.2 Å². The fraction of sp³-hybridized carbons (Fsp3) is 0.667. The molecule has 0 spiro atoms. The first-order chi connectivity index (χ1) is 7.99. The van der Waals surface area contributed by atoms with Crippen molar-refractivity contribution in [2.75, 3.05) is 31.7 Å². The second kappa shape index (κ2) is 10.6. The van der Waals surface area contributed by atoms with Crippen molar-refractivity contribution in [3.8, 4) is 11.8 Å². The molecule has 0 fully saturated rings. The maximum absolute atomic E-state index is 9.12. The van der Waals surface area contributed by atoms with Crippen molar-refractivity contribution in [3.63, 3.8) is 0 Å². The molecule has 0 radical (unpaired) electrons. The number of rotatable bonds is 8. The summed E-state index contributed by atoms with van der Waals surface area (Å²) >= 11 is 2.11. The van der Waals surface area contributed by atoms with Gasteiger partial charge in [-0.1, -0.05) is 0 Å². The zero-order valence-corrected chi connectivity index (χ0v) is 14.9. The number of nitrogens with zero attached hydrogens (tertiary/aromatic N) is 1.